The van der Waals surface area contributed by atoms with Gasteiger partial charge in [-0.15, -0.1) is 0 Å². The number of nitrogens with zero attached hydrogens (tertiary/aromatic N) is 2. The minimum absolute atomic E-state index is 0.00892. The van der Waals surface area contributed by atoms with E-state index in [4.69, 9.17) is 5.73 Å². The van der Waals surface area contributed by atoms with Gasteiger partial charge in [0, 0.05) is 36.6 Å². The number of alkyl halides is 3. The molecule has 8 heteroatoms. The number of benzene rings is 1. The SMILES string of the molecule is Nc1cccc(C(=O)NC2CCN(c3ccc(C(F)(F)F)cn3)CC2)c1. The quantitative estimate of drug-likeness (QED) is 0.821. The van der Waals surface area contributed by atoms with E-state index < -0.39 is 11.7 Å². The highest BCUT2D eigenvalue weighted by atomic mass is 19.4. The summed E-state index contributed by atoms with van der Waals surface area (Å²) in [4.78, 5) is 18.1. The Kier molecular flexibility index (Phi) is 5.01. The highest BCUT2D eigenvalue weighted by molar-refractivity contribution is 5.95. The van der Waals surface area contributed by atoms with Crippen LogP contribution >= 0.6 is 0 Å². The van der Waals surface area contributed by atoms with E-state index in [1.54, 1.807) is 24.3 Å². The average molecular weight is 364 g/mol. The number of rotatable bonds is 3. The molecule has 26 heavy (non-hydrogen) atoms. The first-order valence-corrected chi connectivity index (χ1v) is 8.27. The first kappa shape index (κ1) is 18.0. The van der Waals surface area contributed by atoms with Gasteiger partial charge in [-0.2, -0.15) is 13.2 Å². The molecule has 1 aromatic carbocycles. The van der Waals surface area contributed by atoms with Crippen LogP contribution in [0.2, 0.25) is 0 Å². The molecule has 1 aliphatic heterocycles. The number of carbonyl (C=O) groups excluding carboxylic acids is 1. The third kappa shape index (κ3) is 4.25. The summed E-state index contributed by atoms with van der Waals surface area (Å²) >= 11 is 0. The second kappa shape index (κ2) is 7.23. The van der Waals surface area contributed by atoms with Crippen LogP contribution in [0.5, 0.6) is 0 Å². The summed E-state index contributed by atoms with van der Waals surface area (Å²) in [5.41, 5.74) is 5.97. The summed E-state index contributed by atoms with van der Waals surface area (Å²) in [5, 5.41) is 2.97. The lowest BCUT2D eigenvalue weighted by atomic mass is 10.0. The van der Waals surface area contributed by atoms with E-state index in [0.717, 1.165) is 12.3 Å². The molecular weight excluding hydrogens is 345 g/mol. The number of nitrogens with one attached hydrogen (secondary N) is 1. The van der Waals surface area contributed by atoms with Crippen LogP contribution in [0.3, 0.4) is 0 Å². The molecule has 1 amide bonds. The smallest absolute Gasteiger partial charge is 0.399 e. The highest BCUT2D eigenvalue weighted by Crippen LogP contribution is 2.29. The van der Waals surface area contributed by atoms with E-state index in [9.17, 15) is 18.0 Å². The number of piperidine rings is 1. The molecule has 5 nitrogen and oxygen atoms in total. The Morgan fingerprint density at radius 3 is 2.50 bits per heavy atom. The molecule has 138 valence electrons. The number of carbonyl (C=O) groups is 1. The number of aromatic nitrogens is 1. The van der Waals surface area contributed by atoms with E-state index in [0.29, 0.717) is 43.0 Å². The number of nitrogen functional groups attached to an aromatic ring is 1. The molecule has 1 aromatic heterocycles. The minimum atomic E-state index is -4.39. The third-order valence-corrected chi connectivity index (χ3v) is 4.38. The van der Waals surface area contributed by atoms with Crippen molar-refractivity contribution in [1.82, 2.24) is 10.3 Å². The molecule has 3 rings (SSSR count). The van der Waals surface area contributed by atoms with Crippen molar-refractivity contribution in [3.63, 3.8) is 0 Å². The van der Waals surface area contributed by atoms with E-state index in [-0.39, 0.29) is 11.9 Å². The number of nitrogens with two attached hydrogens (primary N) is 1. The normalized spacial score (nSPS) is 15.7. The molecule has 0 aliphatic carbocycles. The van der Waals surface area contributed by atoms with E-state index in [1.165, 1.54) is 6.07 Å². The Labute approximate surface area is 149 Å². The van der Waals surface area contributed by atoms with Gasteiger partial charge in [0.05, 0.1) is 5.56 Å². The van der Waals surface area contributed by atoms with Crippen LogP contribution in [0.15, 0.2) is 42.6 Å². The summed E-state index contributed by atoms with van der Waals surface area (Å²) in [6, 6.07) is 9.19. The maximum Gasteiger partial charge on any atom is 0.417 e. The first-order chi connectivity index (χ1) is 12.3. The van der Waals surface area contributed by atoms with Crippen molar-refractivity contribution in [1.29, 1.82) is 0 Å². The van der Waals surface area contributed by atoms with Crippen molar-refractivity contribution < 1.29 is 18.0 Å². The largest absolute Gasteiger partial charge is 0.417 e. The second-order valence-corrected chi connectivity index (χ2v) is 6.26. The van der Waals surface area contributed by atoms with Gasteiger partial charge in [-0.1, -0.05) is 6.07 Å². The lowest BCUT2D eigenvalue weighted by molar-refractivity contribution is -0.137. The van der Waals surface area contributed by atoms with Crippen LogP contribution in [0.4, 0.5) is 24.7 Å². The van der Waals surface area contributed by atoms with Crippen LogP contribution in [-0.4, -0.2) is 30.0 Å². The van der Waals surface area contributed by atoms with Crippen molar-refractivity contribution in [2.45, 2.75) is 25.1 Å². The Morgan fingerprint density at radius 2 is 1.92 bits per heavy atom. The zero-order valence-corrected chi connectivity index (χ0v) is 14.0. The van der Waals surface area contributed by atoms with Crippen molar-refractivity contribution in [2.75, 3.05) is 23.7 Å². The molecule has 0 radical (unpaired) electrons. The number of pyridine rings is 1. The third-order valence-electron chi connectivity index (χ3n) is 4.38. The Bertz CT molecular complexity index is 769. The summed E-state index contributed by atoms with van der Waals surface area (Å²) in [5.74, 6) is 0.335. The molecule has 1 aliphatic rings. The van der Waals surface area contributed by atoms with Crippen LogP contribution in [0.25, 0.3) is 0 Å². The van der Waals surface area contributed by atoms with Crippen LogP contribution in [0, 0.1) is 0 Å². The number of hydrogen-bond acceptors (Lipinski definition) is 4. The molecule has 2 heterocycles. The predicted molar refractivity (Wildman–Crippen MR) is 92.8 cm³/mol. The van der Waals surface area contributed by atoms with E-state index in [1.807, 2.05) is 4.90 Å². The first-order valence-electron chi connectivity index (χ1n) is 8.27. The average Bonchev–Trinajstić information content (AvgIpc) is 2.62. The van der Waals surface area contributed by atoms with Gasteiger partial charge >= 0.3 is 6.18 Å². The fraction of sp³-hybridized carbons (Fsp3) is 0.333. The Balaban J connectivity index is 1.55. The molecule has 0 saturated carbocycles. The van der Waals surface area contributed by atoms with Gasteiger partial charge in [0.2, 0.25) is 0 Å². The molecule has 0 atom stereocenters. The van der Waals surface area contributed by atoms with E-state index >= 15 is 0 Å². The standard InChI is InChI=1S/C18H19F3N4O/c19-18(20,21)13-4-5-16(23-11-13)25-8-6-15(7-9-25)24-17(26)12-2-1-3-14(22)10-12/h1-5,10-11,15H,6-9,22H2,(H,24,26). The fourth-order valence-corrected chi connectivity index (χ4v) is 2.94. The number of anilines is 2. The highest BCUT2D eigenvalue weighted by Gasteiger charge is 2.31. The summed E-state index contributed by atoms with van der Waals surface area (Å²) in [6.45, 7) is 1.22. The van der Waals surface area contributed by atoms with Gasteiger partial charge in [0.15, 0.2) is 0 Å². The van der Waals surface area contributed by atoms with Gasteiger partial charge in [-0.25, -0.2) is 4.98 Å². The van der Waals surface area contributed by atoms with Crippen LogP contribution < -0.4 is 16.0 Å². The van der Waals surface area contributed by atoms with Crippen molar-refractivity contribution in [3.8, 4) is 0 Å². The molecule has 0 bridgehead atoms. The van der Waals surface area contributed by atoms with Crippen molar-refractivity contribution >= 4 is 17.4 Å². The van der Waals surface area contributed by atoms with E-state index in [2.05, 4.69) is 10.3 Å². The van der Waals surface area contributed by atoms with Gasteiger partial charge < -0.3 is 16.0 Å². The molecular formula is C18H19F3N4O. The zero-order chi connectivity index (χ0) is 18.7. The summed E-state index contributed by atoms with van der Waals surface area (Å²) in [7, 11) is 0. The molecule has 0 spiro atoms. The fourth-order valence-electron chi connectivity index (χ4n) is 2.94. The number of halogens is 3. The second-order valence-electron chi connectivity index (χ2n) is 6.26. The molecule has 1 saturated heterocycles. The van der Waals surface area contributed by atoms with Crippen LogP contribution in [0.1, 0.15) is 28.8 Å². The maximum atomic E-state index is 12.6. The van der Waals surface area contributed by atoms with Gasteiger partial charge in [-0.3, -0.25) is 4.79 Å². The summed E-state index contributed by atoms with van der Waals surface area (Å²) < 4.78 is 37.8. The Hall–Kier alpha value is -2.77. The molecule has 3 N–H and O–H groups in total. The predicted octanol–water partition coefficient (Wildman–Crippen LogP) is 3.08. The maximum absolute atomic E-state index is 12.6. The van der Waals surface area contributed by atoms with Crippen molar-refractivity contribution in [2.24, 2.45) is 0 Å². The molecule has 2 aromatic rings. The van der Waals surface area contributed by atoms with Gasteiger partial charge in [-0.05, 0) is 43.2 Å². The summed E-state index contributed by atoms with van der Waals surface area (Å²) in [6.07, 6.45) is -2.15. The van der Waals surface area contributed by atoms with Crippen molar-refractivity contribution in [3.05, 3.63) is 53.7 Å². The molecule has 0 unspecified atom stereocenters. The topological polar surface area (TPSA) is 71.2 Å². The number of hydrogen-bond donors (Lipinski definition) is 2. The number of amides is 1. The van der Waals surface area contributed by atoms with Gasteiger partial charge in [0.25, 0.3) is 5.91 Å². The minimum Gasteiger partial charge on any atom is -0.399 e. The zero-order valence-electron chi connectivity index (χ0n) is 14.0. The lowest BCUT2D eigenvalue weighted by Gasteiger charge is -2.33. The van der Waals surface area contributed by atoms with Gasteiger partial charge in [0.1, 0.15) is 5.82 Å². The lowest BCUT2D eigenvalue weighted by Crippen LogP contribution is -2.45. The Morgan fingerprint density at radius 1 is 1.19 bits per heavy atom. The van der Waals surface area contributed by atoms with Crippen LogP contribution in [-0.2, 0) is 6.18 Å². The molecule has 1 fully saturated rings. The monoisotopic (exact) mass is 364 g/mol.